The molecule has 0 saturated carbocycles. The average Bonchev–Trinajstić information content (AvgIpc) is 2.06. The van der Waals surface area contributed by atoms with Gasteiger partial charge in [-0.2, -0.15) is 0 Å². The van der Waals surface area contributed by atoms with E-state index in [1.807, 2.05) is 0 Å². The van der Waals surface area contributed by atoms with Crippen molar-refractivity contribution >= 4 is 5.91 Å². The van der Waals surface area contributed by atoms with Crippen molar-refractivity contribution in [1.29, 1.82) is 0 Å². The molecule has 13 heavy (non-hydrogen) atoms. The van der Waals surface area contributed by atoms with Gasteiger partial charge in [0.25, 0.3) is 0 Å². The van der Waals surface area contributed by atoms with Gasteiger partial charge in [0, 0.05) is 13.0 Å². The van der Waals surface area contributed by atoms with E-state index < -0.39 is 0 Å². The average molecular weight is 211 g/mol. The quantitative estimate of drug-likeness (QED) is 0.372. The minimum absolute atomic E-state index is 0. The first-order valence-corrected chi connectivity index (χ1v) is 4.66. The molecular formula is C9H18KNO2. The van der Waals surface area contributed by atoms with Crippen molar-refractivity contribution in [1.82, 2.24) is 5.32 Å². The molecule has 0 spiro atoms. The van der Waals surface area contributed by atoms with Crippen LogP contribution in [0.2, 0.25) is 0 Å². The van der Waals surface area contributed by atoms with Crippen molar-refractivity contribution in [3.05, 3.63) is 0 Å². The Balaban J connectivity index is 0. The van der Waals surface area contributed by atoms with Crippen molar-refractivity contribution in [2.75, 3.05) is 13.2 Å². The number of carbonyl (C=O) groups is 1. The SMILES string of the molecule is CCCCCC(=O)NCCC[O-].[K+]. The van der Waals surface area contributed by atoms with Crippen LogP contribution in [0.15, 0.2) is 0 Å². The Labute approximate surface area is 123 Å². The maximum atomic E-state index is 11.0. The number of amides is 1. The van der Waals surface area contributed by atoms with Gasteiger partial charge >= 0.3 is 51.4 Å². The first-order chi connectivity index (χ1) is 5.81. The topological polar surface area (TPSA) is 52.2 Å². The molecule has 0 atom stereocenters. The molecule has 0 fully saturated rings. The molecule has 0 aromatic carbocycles. The molecule has 0 saturated heterocycles. The number of hydrogen-bond acceptors (Lipinski definition) is 2. The summed E-state index contributed by atoms with van der Waals surface area (Å²) in [4.78, 5) is 11.0. The molecule has 0 aromatic rings. The van der Waals surface area contributed by atoms with Crippen LogP contribution in [-0.4, -0.2) is 19.1 Å². The van der Waals surface area contributed by atoms with Gasteiger partial charge in [0.1, 0.15) is 0 Å². The molecule has 72 valence electrons. The van der Waals surface area contributed by atoms with Crippen LogP contribution in [0.3, 0.4) is 0 Å². The summed E-state index contributed by atoms with van der Waals surface area (Å²) in [6, 6.07) is 0. The van der Waals surface area contributed by atoms with Crippen molar-refractivity contribution in [3.8, 4) is 0 Å². The summed E-state index contributed by atoms with van der Waals surface area (Å²) in [7, 11) is 0. The number of hydrogen-bond donors (Lipinski definition) is 1. The van der Waals surface area contributed by atoms with Crippen LogP contribution in [0.4, 0.5) is 0 Å². The minimum atomic E-state index is -0.102. The van der Waals surface area contributed by atoms with Crippen molar-refractivity contribution in [3.63, 3.8) is 0 Å². The van der Waals surface area contributed by atoms with Gasteiger partial charge in [0.15, 0.2) is 0 Å². The summed E-state index contributed by atoms with van der Waals surface area (Å²) >= 11 is 0. The standard InChI is InChI=1S/C9H18NO2.K/c1-2-3-4-6-9(12)10-7-5-8-11;/h2-8H2,1H3,(H,10,12);/q-1;+1. The molecule has 0 heterocycles. The molecule has 0 bridgehead atoms. The Morgan fingerprint density at radius 2 is 2.00 bits per heavy atom. The molecule has 0 rings (SSSR count). The summed E-state index contributed by atoms with van der Waals surface area (Å²) in [5.41, 5.74) is 0. The largest absolute Gasteiger partial charge is 1.00 e. The van der Waals surface area contributed by atoms with E-state index in [1.54, 1.807) is 0 Å². The van der Waals surface area contributed by atoms with Gasteiger partial charge in [-0.25, -0.2) is 0 Å². The summed E-state index contributed by atoms with van der Waals surface area (Å²) in [5.74, 6) is 0.0805. The smallest absolute Gasteiger partial charge is 0.854 e. The van der Waals surface area contributed by atoms with Gasteiger partial charge in [-0.15, -0.1) is 6.61 Å². The fourth-order valence-corrected chi connectivity index (χ4v) is 0.924. The second-order valence-corrected chi connectivity index (χ2v) is 2.86. The number of rotatable bonds is 7. The number of nitrogens with one attached hydrogen (secondary N) is 1. The molecule has 0 aliphatic carbocycles. The van der Waals surface area contributed by atoms with E-state index in [1.165, 1.54) is 0 Å². The van der Waals surface area contributed by atoms with Crippen LogP contribution in [0.1, 0.15) is 39.0 Å². The maximum absolute atomic E-state index is 11.0. The summed E-state index contributed by atoms with van der Waals surface area (Å²) < 4.78 is 0. The molecule has 3 nitrogen and oxygen atoms in total. The van der Waals surface area contributed by atoms with Crippen LogP contribution in [0.5, 0.6) is 0 Å². The van der Waals surface area contributed by atoms with Gasteiger partial charge in [-0.3, -0.25) is 4.79 Å². The molecule has 0 aliphatic heterocycles. The van der Waals surface area contributed by atoms with Crippen molar-refractivity contribution in [2.45, 2.75) is 39.0 Å². The van der Waals surface area contributed by atoms with Crippen LogP contribution in [0, 0.1) is 0 Å². The normalized spacial score (nSPS) is 9.08. The van der Waals surface area contributed by atoms with E-state index in [0.717, 1.165) is 19.3 Å². The van der Waals surface area contributed by atoms with Gasteiger partial charge in [0.2, 0.25) is 5.91 Å². The van der Waals surface area contributed by atoms with Crippen molar-refractivity contribution < 1.29 is 61.3 Å². The Morgan fingerprint density at radius 3 is 2.54 bits per heavy atom. The van der Waals surface area contributed by atoms with Crippen LogP contribution in [-0.2, 0) is 4.79 Å². The predicted molar refractivity (Wildman–Crippen MR) is 46.6 cm³/mol. The summed E-state index contributed by atoms with van der Waals surface area (Å²) in [5, 5.41) is 12.7. The number of carbonyl (C=O) groups excluding carboxylic acids is 1. The van der Waals surface area contributed by atoms with Gasteiger partial charge in [0.05, 0.1) is 0 Å². The monoisotopic (exact) mass is 211 g/mol. The zero-order chi connectivity index (χ0) is 9.23. The summed E-state index contributed by atoms with van der Waals surface area (Å²) in [6.45, 7) is 2.54. The van der Waals surface area contributed by atoms with E-state index in [4.69, 9.17) is 0 Å². The molecule has 0 aliphatic rings. The fraction of sp³-hybridized carbons (Fsp3) is 0.889. The minimum Gasteiger partial charge on any atom is -0.854 e. The third-order valence-corrected chi connectivity index (χ3v) is 1.65. The summed E-state index contributed by atoms with van der Waals surface area (Å²) in [6.07, 6.45) is 4.34. The Bertz CT molecular complexity index is 108. The van der Waals surface area contributed by atoms with E-state index in [2.05, 4.69) is 12.2 Å². The van der Waals surface area contributed by atoms with E-state index in [9.17, 15) is 9.90 Å². The van der Waals surface area contributed by atoms with E-state index in [-0.39, 0.29) is 63.9 Å². The molecule has 4 heteroatoms. The zero-order valence-corrected chi connectivity index (χ0v) is 11.9. The maximum Gasteiger partial charge on any atom is 1.00 e. The second kappa shape index (κ2) is 13.1. The van der Waals surface area contributed by atoms with Gasteiger partial charge in [-0.05, 0) is 6.42 Å². The third-order valence-electron chi connectivity index (χ3n) is 1.65. The van der Waals surface area contributed by atoms with E-state index in [0.29, 0.717) is 19.4 Å². The zero-order valence-electron chi connectivity index (χ0n) is 8.77. The van der Waals surface area contributed by atoms with Crippen LogP contribution < -0.4 is 61.8 Å². The first-order valence-electron chi connectivity index (χ1n) is 4.66. The molecule has 1 amide bonds. The van der Waals surface area contributed by atoms with Gasteiger partial charge < -0.3 is 10.4 Å². The number of unbranched alkanes of at least 4 members (excludes halogenated alkanes) is 2. The Morgan fingerprint density at radius 1 is 1.31 bits per heavy atom. The fourth-order valence-electron chi connectivity index (χ4n) is 0.924. The third kappa shape index (κ3) is 13.1. The van der Waals surface area contributed by atoms with Crippen molar-refractivity contribution in [2.24, 2.45) is 0 Å². The Hall–Kier alpha value is 1.07. The Kier molecular flexibility index (Phi) is 16.6. The van der Waals surface area contributed by atoms with Gasteiger partial charge in [-0.1, -0.05) is 26.2 Å². The first kappa shape index (κ1) is 16.5. The molecule has 1 N–H and O–H groups in total. The second-order valence-electron chi connectivity index (χ2n) is 2.86. The van der Waals surface area contributed by atoms with Crippen LogP contribution >= 0.6 is 0 Å². The molecule has 0 radical (unpaired) electrons. The van der Waals surface area contributed by atoms with Crippen LogP contribution in [0.25, 0.3) is 0 Å². The van der Waals surface area contributed by atoms with E-state index >= 15 is 0 Å². The molecule has 0 unspecified atom stereocenters. The molecular weight excluding hydrogens is 193 g/mol. The predicted octanol–water partition coefficient (Wildman–Crippen LogP) is -2.56. The molecule has 0 aromatic heterocycles.